The summed E-state index contributed by atoms with van der Waals surface area (Å²) in [6.45, 7) is 2.49. The van der Waals surface area contributed by atoms with Crippen molar-refractivity contribution in [1.82, 2.24) is 14.8 Å². The highest BCUT2D eigenvalue weighted by Gasteiger charge is 2.27. The molecule has 1 saturated heterocycles. The van der Waals surface area contributed by atoms with E-state index in [4.69, 9.17) is 9.26 Å². The topological polar surface area (TPSA) is 84.7 Å². The molecule has 1 atom stereocenters. The molecule has 8 heteroatoms. The second kappa shape index (κ2) is 9.13. The number of ether oxygens (including phenoxy) is 1. The Balaban J connectivity index is 1.17. The van der Waals surface area contributed by atoms with E-state index in [1.165, 1.54) is 0 Å². The molecule has 1 aromatic heterocycles. The first-order valence-corrected chi connectivity index (χ1v) is 12.7. The highest BCUT2D eigenvalue weighted by Crippen LogP contribution is 2.24. The minimum Gasteiger partial charge on any atom is -0.497 e. The molecule has 5 rings (SSSR count). The molecule has 172 valence electrons. The Morgan fingerprint density at radius 1 is 1.12 bits per heavy atom. The zero-order valence-electron chi connectivity index (χ0n) is 18.5. The van der Waals surface area contributed by atoms with Crippen molar-refractivity contribution in [1.29, 1.82) is 0 Å². The maximum Gasteiger partial charge on any atom is 0.240 e. The first kappa shape index (κ1) is 21.9. The second-order valence-corrected chi connectivity index (χ2v) is 10.2. The third-order valence-corrected chi connectivity index (χ3v) is 7.78. The first-order chi connectivity index (χ1) is 16.0. The van der Waals surface area contributed by atoms with E-state index in [2.05, 4.69) is 14.8 Å². The van der Waals surface area contributed by atoms with Crippen LogP contribution in [-0.4, -0.2) is 51.3 Å². The molecule has 0 bridgehead atoms. The Morgan fingerprint density at radius 2 is 1.94 bits per heavy atom. The van der Waals surface area contributed by atoms with Crippen LogP contribution in [0.5, 0.6) is 5.75 Å². The molecule has 7 nitrogen and oxygen atoms in total. The van der Waals surface area contributed by atoms with Crippen LogP contribution in [0.2, 0.25) is 0 Å². The van der Waals surface area contributed by atoms with Gasteiger partial charge in [-0.25, -0.2) is 13.1 Å². The number of rotatable bonds is 8. The van der Waals surface area contributed by atoms with Gasteiger partial charge in [0.25, 0.3) is 0 Å². The lowest BCUT2D eigenvalue weighted by atomic mass is 10.1. The van der Waals surface area contributed by atoms with Crippen molar-refractivity contribution in [2.75, 3.05) is 26.7 Å². The van der Waals surface area contributed by atoms with E-state index < -0.39 is 10.0 Å². The number of aryl methyl sites for hydroxylation is 1. The molecule has 0 spiro atoms. The largest absolute Gasteiger partial charge is 0.497 e. The number of nitrogens with one attached hydrogen (secondary N) is 1. The standard InChI is InChI=1S/C25H27N3O4S/c1-31-21-10-8-19-16-22(11-9-18(19)15-21)33(29,30)27-20-12-14-28(17-20)13-4-6-24-23-5-2-3-7-25(23)32-26-24/h2-3,5,7-11,15-16,20,27H,4,6,12-14,17H2,1H3/t20-/m1/s1. The van der Waals surface area contributed by atoms with Gasteiger partial charge in [0.1, 0.15) is 5.75 Å². The Labute approximate surface area is 193 Å². The molecular weight excluding hydrogens is 438 g/mol. The second-order valence-electron chi connectivity index (χ2n) is 8.51. The summed E-state index contributed by atoms with van der Waals surface area (Å²) in [6.07, 6.45) is 2.59. The fourth-order valence-corrected chi connectivity index (χ4v) is 5.80. The zero-order chi connectivity index (χ0) is 22.8. The van der Waals surface area contributed by atoms with Crippen LogP contribution in [-0.2, 0) is 16.4 Å². The molecule has 1 aliphatic heterocycles. The normalized spacial score (nSPS) is 17.2. The molecule has 1 aliphatic rings. The molecule has 1 N–H and O–H groups in total. The maximum atomic E-state index is 13.0. The molecule has 0 radical (unpaired) electrons. The van der Waals surface area contributed by atoms with E-state index in [-0.39, 0.29) is 10.9 Å². The molecule has 0 saturated carbocycles. The van der Waals surface area contributed by atoms with Crippen molar-refractivity contribution in [3.05, 3.63) is 66.4 Å². The Kier molecular flexibility index (Phi) is 6.05. The minimum atomic E-state index is -3.58. The average Bonchev–Trinajstić information content (AvgIpc) is 3.45. The number of hydrogen-bond acceptors (Lipinski definition) is 6. The van der Waals surface area contributed by atoms with E-state index >= 15 is 0 Å². The predicted molar refractivity (Wildman–Crippen MR) is 128 cm³/mol. The summed E-state index contributed by atoms with van der Waals surface area (Å²) in [5.41, 5.74) is 1.80. The van der Waals surface area contributed by atoms with Gasteiger partial charge in [-0.05, 0) is 79.5 Å². The van der Waals surface area contributed by atoms with Gasteiger partial charge in [0.15, 0.2) is 5.58 Å². The molecular formula is C25H27N3O4S. The van der Waals surface area contributed by atoms with Crippen molar-refractivity contribution >= 4 is 31.8 Å². The number of para-hydroxylation sites is 1. The summed E-state index contributed by atoms with van der Waals surface area (Å²) in [7, 11) is -1.97. The van der Waals surface area contributed by atoms with Crippen LogP contribution in [0.25, 0.3) is 21.7 Å². The van der Waals surface area contributed by atoms with Crippen molar-refractivity contribution in [2.24, 2.45) is 0 Å². The third kappa shape index (κ3) is 4.73. The Bertz CT molecular complexity index is 1380. The predicted octanol–water partition coefficient (Wildman–Crippen LogP) is 3.98. The lowest BCUT2D eigenvalue weighted by Crippen LogP contribution is -2.37. The minimum absolute atomic E-state index is 0.0885. The van der Waals surface area contributed by atoms with Crippen molar-refractivity contribution < 1.29 is 17.7 Å². The van der Waals surface area contributed by atoms with Gasteiger partial charge < -0.3 is 14.2 Å². The van der Waals surface area contributed by atoms with Gasteiger partial charge in [0.2, 0.25) is 10.0 Å². The van der Waals surface area contributed by atoms with Crippen LogP contribution in [0, 0.1) is 0 Å². The number of sulfonamides is 1. The number of methoxy groups -OCH3 is 1. The van der Waals surface area contributed by atoms with Crippen molar-refractivity contribution in [2.45, 2.75) is 30.2 Å². The molecule has 4 aromatic rings. The molecule has 1 fully saturated rings. The highest BCUT2D eigenvalue weighted by atomic mass is 32.2. The Hall–Kier alpha value is -2.94. The number of likely N-dealkylation sites (tertiary alicyclic amines) is 1. The SMILES string of the molecule is COc1ccc2cc(S(=O)(=O)N[C@@H]3CCN(CCCc4noc5ccccc45)C3)ccc2c1. The van der Waals surface area contributed by atoms with E-state index in [1.807, 2.05) is 48.5 Å². The zero-order valence-corrected chi connectivity index (χ0v) is 19.3. The summed E-state index contributed by atoms with van der Waals surface area (Å²) < 4.78 is 39.5. The van der Waals surface area contributed by atoms with Gasteiger partial charge in [0, 0.05) is 18.0 Å². The smallest absolute Gasteiger partial charge is 0.240 e. The quantitative estimate of drug-likeness (QED) is 0.424. The molecule has 0 aliphatic carbocycles. The molecule has 2 heterocycles. The summed E-state index contributed by atoms with van der Waals surface area (Å²) in [5, 5.41) is 7.08. The lowest BCUT2D eigenvalue weighted by Gasteiger charge is -2.16. The van der Waals surface area contributed by atoms with E-state index in [9.17, 15) is 8.42 Å². The number of hydrogen-bond donors (Lipinski definition) is 1. The molecule has 0 unspecified atom stereocenters. The summed E-state index contributed by atoms with van der Waals surface area (Å²) in [6, 6.07) is 18.6. The van der Waals surface area contributed by atoms with Gasteiger partial charge in [-0.1, -0.05) is 29.4 Å². The lowest BCUT2D eigenvalue weighted by molar-refractivity contribution is 0.326. The van der Waals surface area contributed by atoms with Crippen LogP contribution in [0.4, 0.5) is 0 Å². The Morgan fingerprint density at radius 3 is 2.82 bits per heavy atom. The summed E-state index contributed by atoms with van der Waals surface area (Å²) >= 11 is 0. The maximum absolute atomic E-state index is 13.0. The number of nitrogens with zero attached hydrogens (tertiary/aromatic N) is 2. The van der Waals surface area contributed by atoms with E-state index in [0.29, 0.717) is 6.54 Å². The highest BCUT2D eigenvalue weighted by molar-refractivity contribution is 7.89. The van der Waals surface area contributed by atoms with E-state index in [1.54, 1.807) is 19.2 Å². The monoisotopic (exact) mass is 465 g/mol. The molecule has 0 amide bonds. The van der Waals surface area contributed by atoms with E-state index in [0.717, 1.165) is 65.5 Å². The fraction of sp³-hybridized carbons (Fsp3) is 0.320. The fourth-order valence-electron chi connectivity index (χ4n) is 4.50. The first-order valence-electron chi connectivity index (χ1n) is 11.2. The average molecular weight is 466 g/mol. The van der Waals surface area contributed by atoms with Crippen LogP contribution in [0.3, 0.4) is 0 Å². The van der Waals surface area contributed by atoms with Gasteiger partial charge >= 0.3 is 0 Å². The summed E-state index contributed by atoms with van der Waals surface area (Å²) in [5.74, 6) is 0.749. The molecule has 3 aromatic carbocycles. The summed E-state index contributed by atoms with van der Waals surface area (Å²) in [4.78, 5) is 2.60. The van der Waals surface area contributed by atoms with Gasteiger partial charge in [-0.3, -0.25) is 0 Å². The number of fused-ring (bicyclic) bond motifs is 2. The third-order valence-electron chi connectivity index (χ3n) is 6.26. The van der Waals surface area contributed by atoms with Crippen molar-refractivity contribution in [3.63, 3.8) is 0 Å². The number of benzene rings is 3. The number of aromatic nitrogens is 1. The molecule has 33 heavy (non-hydrogen) atoms. The van der Waals surface area contributed by atoms with Crippen LogP contribution < -0.4 is 9.46 Å². The van der Waals surface area contributed by atoms with Crippen molar-refractivity contribution in [3.8, 4) is 5.75 Å². The van der Waals surface area contributed by atoms with Crippen LogP contribution >= 0.6 is 0 Å². The van der Waals surface area contributed by atoms with Gasteiger partial charge in [-0.2, -0.15) is 0 Å². The van der Waals surface area contributed by atoms with Gasteiger partial charge in [-0.15, -0.1) is 0 Å². The van der Waals surface area contributed by atoms with Crippen LogP contribution in [0.1, 0.15) is 18.5 Å². The van der Waals surface area contributed by atoms with Crippen LogP contribution in [0.15, 0.2) is 70.1 Å². The van der Waals surface area contributed by atoms with Gasteiger partial charge in [0.05, 0.1) is 17.7 Å².